The molecule has 2 N–H and O–H groups in total. The van der Waals surface area contributed by atoms with Crippen molar-refractivity contribution in [3.8, 4) is 0 Å². The van der Waals surface area contributed by atoms with Gasteiger partial charge in [0.05, 0.1) is 30.4 Å². The number of nitrogens with zero attached hydrogens (tertiary/aromatic N) is 1. The molecular formula is C19H28FN3O4. The third-order valence-corrected chi connectivity index (χ3v) is 3.95. The predicted octanol–water partition coefficient (Wildman–Crippen LogP) is 2.90. The highest BCUT2D eigenvalue weighted by Crippen LogP contribution is 2.26. The number of benzene rings is 1. The van der Waals surface area contributed by atoms with E-state index in [2.05, 4.69) is 10.6 Å². The summed E-state index contributed by atoms with van der Waals surface area (Å²) in [5.41, 5.74) is 0.826. The monoisotopic (exact) mass is 381 g/mol. The summed E-state index contributed by atoms with van der Waals surface area (Å²) in [6.07, 6.45) is -0.0600. The minimum Gasteiger partial charge on any atom is -0.463 e. The van der Waals surface area contributed by atoms with Crippen molar-refractivity contribution >= 4 is 23.4 Å². The minimum absolute atomic E-state index is 0.0270. The van der Waals surface area contributed by atoms with Gasteiger partial charge in [0.1, 0.15) is 5.82 Å². The van der Waals surface area contributed by atoms with Gasteiger partial charge in [-0.15, -0.1) is 0 Å². The number of nitrogens with one attached hydrogen (secondary N) is 2. The van der Waals surface area contributed by atoms with Crippen LogP contribution in [0.1, 0.15) is 34.1 Å². The second-order valence-corrected chi connectivity index (χ2v) is 7.00. The fraction of sp³-hybridized carbons (Fsp3) is 0.579. The van der Waals surface area contributed by atoms with Crippen LogP contribution in [0.3, 0.4) is 0 Å². The van der Waals surface area contributed by atoms with E-state index in [1.165, 1.54) is 6.07 Å². The lowest BCUT2D eigenvalue weighted by molar-refractivity contribution is -0.147. The van der Waals surface area contributed by atoms with Gasteiger partial charge in [-0.05, 0) is 45.9 Å². The molecule has 150 valence electrons. The van der Waals surface area contributed by atoms with Crippen LogP contribution in [-0.2, 0) is 14.3 Å². The van der Waals surface area contributed by atoms with E-state index in [9.17, 15) is 14.0 Å². The van der Waals surface area contributed by atoms with Crippen molar-refractivity contribution in [3.05, 3.63) is 24.0 Å². The maximum absolute atomic E-state index is 14.5. The molecule has 1 aromatic rings. The molecule has 1 aromatic carbocycles. The van der Waals surface area contributed by atoms with E-state index in [4.69, 9.17) is 9.47 Å². The third kappa shape index (κ3) is 6.71. The van der Waals surface area contributed by atoms with E-state index in [-0.39, 0.29) is 37.2 Å². The summed E-state index contributed by atoms with van der Waals surface area (Å²) in [7, 11) is 0. The molecule has 2 rings (SSSR count). The Morgan fingerprint density at radius 1 is 1.30 bits per heavy atom. The first-order valence-electron chi connectivity index (χ1n) is 9.19. The molecule has 0 aromatic heterocycles. The normalized spacial score (nSPS) is 19.7. The lowest BCUT2D eigenvalue weighted by Crippen LogP contribution is -2.45. The SMILES string of the molecule is CC(C)OC(=O)CCNC(=O)Nc1ccc(N2C[C@@H](C)O[C@H](C)C2)c(F)c1. The summed E-state index contributed by atoms with van der Waals surface area (Å²) in [6.45, 7) is 8.79. The van der Waals surface area contributed by atoms with Gasteiger partial charge in [0, 0.05) is 25.3 Å². The van der Waals surface area contributed by atoms with Crippen molar-refractivity contribution < 1.29 is 23.5 Å². The summed E-state index contributed by atoms with van der Waals surface area (Å²) in [5.74, 6) is -0.788. The lowest BCUT2D eigenvalue weighted by atomic mass is 10.2. The molecule has 1 saturated heterocycles. The average Bonchev–Trinajstić information content (AvgIpc) is 2.53. The van der Waals surface area contributed by atoms with Crippen LogP contribution in [0, 0.1) is 5.82 Å². The number of carbonyl (C=O) groups excluding carboxylic acids is 2. The molecule has 1 fully saturated rings. The van der Waals surface area contributed by atoms with Crippen LogP contribution >= 0.6 is 0 Å². The number of carbonyl (C=O) groups is 2. The zero-order valence-corrected chi connectivity index (χ0v) is 16.3. The van der Waals surface area contributed by atoms with Crippen LogP contribution in [0.5, 0.6) is 0 Å². The Kier molecular flexibility index (Phi) is 7.41. The standard InChI is InChI=1S/C19H28FN3O4/c1-12(2)26-18(24)7-8-21-19(25)22-15-5-6-17(16(20)9-15)23-10-13(3)27-14(4)11-23/h5-6,9,12-14H,7-8,10-11H2,1-4H3,(H2,21,22,25)/t13-,14-/m1/s1. The number of morpholine rings is 1. The van der Waals surface area contributed by atoms with E-state index < -0.39 is 11.8 Å². The Hall–Kier alpha value is -2.35. The molecule has 0 bridgehead atoms. The molecular weight excluding hydrogens is 353 g/mol. The number of urea groups is 1. The number of hydrogen-bond acceptors (Lipinski definition) is 5. The third-order valence-electron chi connectivity index (χ3n) is 3.95. The zero-order chi connectivity index (χ0) is 20.0. The van der Waals surface area contributed by atoms with Gasteiger partial charge in [0.25, 0.3) is 0 Å². The highest BCUT2D eigenvalue weighted by Gasteiger charge is 2.24. The van der Waals surface area contributed by atoms with Crippen LogP contribution in [-0.4, -0.2) is 49.9 Å². The van der Waals surface area contributed by atoms with Gasteiger partial charge < -0.3 is 25.0 Å². The molecule has 0 spiro atoms. The largest absolute Gasteiger partial charge is 0.463 e. The van der Waals surface area contributed by atoms with Gasteiger partial charge >= 0.3 is 12.0 Å². The van der Waals surface area contributed by atoms with Crippen molar-refractivity contribution in [3.63, 3.8) is 0 Å². The van der Waals surface area contributed by atoms with Crippen LogP contribution < -0.4 is 15.5 Å². The van der Waals surface area contributed by atoms with Gasteiger partial charge in [-0.1, -0.05) is 0 Å². The van der Waals surface area contributed by atoms with E-state index >= 15 is 0 Å². The molecule has 0 aliphatic carbocycles. The highest BCUT2D eigenvalue weighted by atomic mass is 19.1. The first-order valence-corrected chi connectivity index (χ1v) is 9.19. The summed E-state index contributed by atoms with van der Waals surface area (Å²) in [6, 6.07) is 4.08. The number of amides is 2. The van der Waals surface area contributed by atoms with E-state index in [1.807, 2.05) is 18.7 Å². The van der Waals surface area contributed by atoms with Gasteiger partial charge in [0.2, 0.25) is 0 Å². The second-order valence-electron chi connectivity index (χ2n) is 7.00. The molecule has 2 amide bonds. The number of ether oxygens (including phenoxy) is 2. The lowest BCUT2D eigenvalue weighted by Gasteiger charge is -2.37. The van der Waals surface area contributed by atoms with E-state index in [1.54, 1.807) is 26.0 Å². The minimum atomic E-state index is -0.506. The van der Waals surface area contributed by atoms with Crippen molar-refractivity contribution in [1.29, 1.82) is 0 Å². The molecule has 1 aliphatic heterocycles. The Labute approximate surface area is 159 Å². The first-order chi connectivity index (χ1) is 12.7. The van der Waals surface area contributed by atoms with Crippen LogP contribution in [0.2, 0.25) is 0 Å². The fourth-order valence-corrected chi connectivity index (χ4v) is 2.99. The number of anilines is 2. The highest BCUT2D eigenvalue weighted by molar-refractivity contribution is 5.89. The molecule has 1 heterocycles. The fourth-order valence-electron chi connectivity index (χ4n) is 2.99. The molecule has 0 unspecified atom stereocenters. The van der Waals surface area contributed by atoms with Gasteiger partial charge in [0.15, 0.2) is 0 Å². The number of halogens is 1. The molecule has 8 heteroatoms. The summed E-state index contributed by atoms with van der Waals surface area (Å²) < 4.78 is 25.1. The summed E-state index contributed by atoms with van der Waals surface area (Å²) >= 11 is 0. The molecule has 27 heavy (non-hydrogen) atoms. The van der Waals surface area contributed by atoms with E-state index in [0.29, 0.717) is 24.5 Å². The Morgan fingerprint density at radius 3 is 2.56 bits per heavy atom. The summed E-state index contributed by atoms with van der Waals surface area (Å²) in [5, 5.41) is 5.10. The van der Waals surface area contributed by atoms with Crippen LogP contribution in [0.25, 0.3) is 0 Å². The van der Waals surface area contributed by atoms with E-state index in [0.717, 1.165) is 0 Å². The number of hydrogen-bond donors (Lipinski definition) is 2. The van der Waals surface area contributed by atoms with Crippen molar-refractivity contribution in [2.24, 2.45) is 0 Å². The van der Waals surface area contributed by atoms with Crippen LogP contribution in [0.15, 0.2) is 18.2 Å². The Morgan fingerprint density at radius 2 is 1.96 bits per heavy atom. The Bertz CT molecular complexity index is 658. The molecule has 1 aliphatic rings. The zero-order valence-electron chi connectivity index (χ0n) is 16.3. The molecule has 2 atom stereocenters. The molecule has 0 radical (unpaired) electrons. The second kappa shape index (κ2) is 9.55. The van der Waals surface area contributed by atoms with Crippen molar-refractivity contribution in [2.75, 3.05) is 29.9 Å². The summed E-state index contributed by atoms with van der Waals surface area (Å²) in [4.78, 5) is 25.2. The van der Waals surface area contributed by atoms with Gasteiger partial charge in [-0.2, -0.15) is 0 Å². The molecule has 7 nitrogen and oxygen atoms in total. The van der Waals surface area contributed by atoms with Crippen LogP contribution in [0.4, 0.5) is 20.6 Å². The quantitative estimate of drug-likeness (QED) is 0.741. The maximum Gasteiger partial charge on any atom is 0.319 e. The smallest absolute Gasteiger partial charge is 0.319 e. The number of esters is 1. The van der Waals surface area contributed by atoms with Gasteiger partial charge in [-0.3, -0.25) is 4.79 Å². The maximum atomic E-state index is 14.5. The van der Waals surface area contributed by atoms with Crippen molar-refractivity contribution in [1.82, 2.24) is 5.32 Å². The van der Waals surface area contributed by atoms with Crippen molar-refractivity contribution in [2.45, 2.75) is 52.4 Å². The predicted molar refractivity (Wildman–Crippen MR) is 101 cm³/mol. The average molecular weight is 381 g/mol. The molecule has 0 saturated carbocycles. The van der Waals surface area contributed by atoms with Gasteiger partial charge in [-0.25, -0.2) is 9.18 Å². The Balaban J connectivity index is 1.86. The first kappa shape index (κ1) is 21.0. The topological polar surface area (TPSA) is 79.9 Å². The number of rotatable bonds is 6.